The number of nitrogens with two attached hydrogens (primary N) is 1. The first kappa shape index (κ1) is 18.6. The molecule has 0 saturated heterocycles. The van der Waals surface area contributed by atoms with E-state index in [9.17, 15) is 19.8 Å². The molecule has 1 aliphatic carbocycles. The molecule has 10 nitrogen and oxygen atoms in total. The molecule has 0 bridgehead atoms. The van der Waals surface area contributed by atoms with Crippen LogP contribution in [-0.4, -0.2) is 67.8 Å². The summed E-state index contributed by atoms with van der Waals surface area (Å²) in [5.74, 6) is -0.371. The van der Waals surface area contributed by atoms with Crippen LogP contribution in [0.5, 0.6) is 0 Å². The summed E-state index contributed by atoms with van der Waals surface area (Å²) in [5, 5.41) is 19.2. The van der Waals surface area contributed by atoms with Crippen molar-refractivity contribution in [2.24, 2.45) is 5.92 Å². The van der Waals surface area contributed by atoms with Crippen LogP contribution in [0.2, 0.25) is 0 Å². The molecule has 0 aliphatic heterocycles. The van der Waals surface area contributed by atoms with Gasteiger partial charge in [0.25, 0.3) is 5.56 Å². The number of fused-ring (bicyclic) bond motifs is 1. The third kappa shape index (κ3) is 3.69. The van der Waals surface area contributed by atoms with Crippen molar-refractivity contribution < 1.29 is 15.0 Å². The number of aliphatic hydroxyl groups is 2. The van der Waals surface area contributed by atoms with E-state index in [0.29, 0.717) is 17.6 Å². The van der Waals surface area contributed by atoms with Crippen LogP contribution in [0.25, 0.3) is 11.2 Å². The van der Waals surface area contributed by atoms with Gasteiger partial charge in [-0.2, -0.15) is 4.98 Å². The lowest BCUT2D eigenvalue weighted by Crippen LogP contribution is -2.17. The fourth-order valence-electron chi connectivity index (χ4n) is 2.74. The van der Waals surface area contributed by atoms with Gasteiger partial charge in [-0.15, -0.1) is 0 Å². The van der Waals surface area contributed by atoms with Crippen molar-refractivity contribution in [3.63, 3.8) is 0 Å². The minimum absolute atomic E-state index is 0.00659. The molecular formula is C15H22N6O4. The van der Waals surface area contributed by atoms with E-state index in [0.717, 1.165) is 6.41 Å². The topological polar surface area (TPSA) is 150 Å². The standard InChI is InChI=1S/C12H15N5O3.C3H7NO/c1-5-6(3-18)8(19)2-7(5)17-4-14-9-10(17)15-12(13)16-11(9)20;1-4(2)3-5/h4,6-8,18-19H,1-3H2,(H3,13,15,16,20);3H,1-2H3/t6-,7-,8-;/m0./s1. The van der Waals surface area contributed by atoms with Gasteiger partial charge >= 0.3 is 0 Å². The minimum Gasteiger partial charge on any atom is -0.396 e. The highest BCUT2D eigenvalue weighted by Crippen LogP contribution is 2.39. The van der Waals surface area contributed by atoms with Gasteiger partial charge in [0.2, 0.25) is 12.4 Å². The molecule has 136 valence electrons. The van der Waals surface area contributed by atoms with Gasteiger partial charge < -0.3 is 25.4 Å². The molecule has 0 unspecified atom stereocenters. The van der Waals surface area contributed by atoms with Crippen molar-refractivity contribution in [1.82, 2.24) is 24.4 Å². The lowest BCUT2D eigenvalue weighted by molar-refractivity contribution is -0.115. The number of nitrogens with one attached hydrogen (secondary N) is 1. The van der Waals surface area contributed by atoms with Gasteiger partial charge in [0, 0.05) is 20.0 Å². The average molecular weight is 350 g/mol. The van der Waals surface area contributed by atoms with E-state index in [2.05, 4.69) is 21.5 Å². The number of aromatic amines is 1. The number of imidazole rings is 1. The van der Waals surface area contributed by atoms with Gasteiger partial charge in [0.05, 0.1) is 25.1 Å². The number of anilines is 1. The average Bonchev–Trinajstić information content (AvgIpc) is 3.08. The monoisotopic (exact) mass is 350 g/mol. The number of nitrogens with zero attached hydrogens (tertiary/aromatic N) is 4. The number of nitrogen functional groups attached to an aromatic ring is 1. The molecule has 1 saturated carbocycles. The maximum Gasteiger partial charge on any atom is 0.280 e. The summed E-state index contributed by atoms with van der Waals surface area (Å²) in [5.41, 5.74) is 6.37. The largest absolute Gasteiger partial charge is 0.396 e. The van der Waals surface area contributed by atoms with Crippen LogP contribution in [0.1, 0.15) is 12.5 Å². The quantitative estimate of drug-likeness (QED) is 0.404. The Kier molecular flexibility index (Phi) is 5.55. The molecule has 3 atom stereocenters. The van der Waals surface area contributed by atoms with E-state index in [1.165, 1.54) is 11.2 Å². The summed E-state index contributed by atoms with van der Waals surface area (Å²) < 4.78 is 1.67. The molecule has 10 heteroatoms. The van der Waals surface area contributed by atoms with Crippen molar-refractivity contribution in [2.75, 3.05) is 26.4 Å². The van der Waals surface area contributed by atoms with Crippen molar-refractivity contribution >= 4 is 23.5 Å². The summed E-state index contributed by atoms with van der Waals surface area (Å²) >= 11 is 0. The minimum atomic E-state index is -0.672. The number of hydrogen-bond donors (Lipinski definition) is 4. The first-order valence-corrected chi connectivity index (χ1v) is 7.61. The van der Waals surface area contributed by atoms with Crippen LogP contribution in [0, 0.1) is 5.92 Å². The van der Waals surface area contributed by atoms with E-state index in [4.69, 9.17) is 5.73 Å². The lowest BCUT2D eigenvalue weighted by atomic mass is 10.0. The van der Waals surface area contributed by atoms with Crippen LogP contribution in [0.4, 0.5) is 5.95 Å². The smallest absolute Gasteiger partial charge is 0.280 e. The first-order chi connectivity index (χ1) is 11.8. The molecule has 5 N–H and O–H groups in total. The second kappa shape index (κ2) is 7.45. The van der Waals surface area contributed by atoms with Crippen LogP contribution < -0.4 is 11.3 Å². The molecule has 1 aliphatic rings. The Morgan fingerprint density at radius 3 is 2.72 bits per heavy atom. The maximum absolute atomic E-state index is 11.7. The summed E-state index contributed by atoms with van der Waals surface area (Å²) in [6.45, 7) is 3.76. The van der Waals surface area contributed by atoms with Crippen LogP contribution in [-0.2, 0) is 4.79 Å². The molecule has 2 aromatic rings. The number of aromatic nitrogens is 4. The molecule has 2 aromatic heterocycles. The van der Waals surface area contributed by atoms with Gasteiger partial charge in [-0.25, -0.2) is 4.98 Å². The molecule has 3 rings (SSSR count). The van der Waals surface area contributed by atoms with E-state index < -0.39 is 11.7 Å². The fourth-order valence-corrected chi connectivity index (χ4v) is 2.74. The van der Waals surface area contributed by atoms with Gasteiger partial charge in [0.15, 0.2) is 11.2 Å². The maximum atomic E-state index is 11.7. The summed E-state index contributed by atoms with van der Waals surface area (Å²) in [7, 11) is 3.38. The van der Waals surface area contributed by atoms with Gasteiger partial charge in [-0.05, 0) is 12.0 Å². The highest BCUT2D eigenvalue weighted by molar-refractivity contribution is 5.70. The normalized spacial score (nSPS) is 22.6. The second-order valence-corrected chi connectivity index (χ2v) is 6.03. The zero-order valence-electron chi connectivity index (χ0n) is 14.1. The molecule has 2 heterocycles. The summed E-state index contributed by atoms with van der Waals surface area (Å²) in [6.07, 6.45) is 1.95. The van der Waals surface area contributed by atoms with Crippen molar-refractivity contribution in [1.29, 1.82) is 0 Å². The number of H-pyrrole nitrogens is 1. The molecule has 0 radical (unpaired) electrons. The summed E-state index contributed by atoms with van der Waals surface area (Å²) in [4.78, 5) is 33.1. The van der Waals surface area contributed by atoms with Crippen molar-refractivity contribution in [3.05, 3.63) is 28.8 Å². The zero-order valence-corrected chi connectivity index (χ0v) is 14.1. The van der Waals surface area contributed by atoms with Crippen LogP contribution in [0.15, 0.2) is 23.3 Å². The first-order valence-electron chi connectivity index (χ1n) is 7.61. The number of rotatable bonds is 3. The molecule has 0 aromatic carbocycles. The van der Waals surface area contributed by atoms with Crippen molar-refractivity contribution in [2.45, 2.75) is 18.6 Å². The molecular weight excluding hydrogens is 328 g/mol. The third-order valence-corrected chi connectivity index (χ3v) is 4.03. The van der Waals surface area contributed by atoms with Crippen molar-refractivity contribution in [3.8, 4) is 0 Å². The van der Waals surface area contributed by atoms with E-state index >= 15 is 0 Å². The fraction of sp³-hybridized carbons (Fsp3) is 0.467. The Bertz CT molecular complexity index is 827. The Balaban J connectivity index is 0.000000399. The highest BCUT2D eigenvalue weighted by atomic mass is 16.3. The second-order valence-electron chi connectivity index (χ2n) is 6.03. The Hall–Kier alpha value is -2.72. The van der Waals surface area contributed by atoms with E-state index in [1.54, 1.807) is 18.7 Å². The van der Waals surface area contributed by atoms with Gasteiger partial charge in [-0.1, -0.05) is 6.58 Å². The van der Waals surface area contributed by atoms with Crippen LogP contribution in [0.3, 0.4) is 0 Å². The highest BCUT2D eigenvalue weighted by Gasteiger charge is 2.37. The number of hydrogen-bond acceptors (Lipinski definition) is 7. The van der Waals surface area contributed by atoms with E-state index in [1.807, 2.05) is 0 Å². The molecule has 1 amide bonds. The number of aliphatic hydroxyl groups excluding tert-OH is 2. The Morgan fingerprint density at radius 2 is 2.20 bits per heavy atom. The number of amides is 1. The van der Waals surface area contributed by atoms with Crippen LogP contribution >= 0.6 is 0 Å². The Labute approximate surface area is 143 Å². The molecule has 0 spiro atoms. The predicted molar refractivity (Wildman–Crippen MR) is 91.7 cm³/mol. The number of carbonyl (C=O) groups excluding carboxylic acids is 1. The SMILES string of the molecule is C=C1[C@H](CO)[C@@H](O)C[C@@H]1n1cnc2c(=O)[nH]c(N)nc21.CN(C)C=O. The Morgan fingerprint density at radius 1 is 1.56 bits per heavy atom. The van der Waals surface area contributed by atoms with Gasteiger partial charge in [-0.3, -0.25) is 14.6 Å². The third-order valence-electron chi connectivity index (χ3n) is 4.03. The summed E-state index contributed by atoms with van der Waals surface area (Å²) in [6, 6.07) is -0.263. The molecule has 1 fully saturated rings. The lowest BCUT2D eigenvalue weighted by Gasteiger charge is -2.15. The number of carbonyl (C=O) groups is 1. The zero-order chi connectivity index (χ0) is 18.7. The van der Waals surface area contributed by atoms with Gasteiger partial charge in [0.1, 0.15) is 0 Å². The predicted octanol–water partition coefficient (Wildman–Crippen LogP) is -1.12. The van der Waals surface area contributed by atoms with E-state index in [-0.39, 0.29) is 30.0 Å². The molecule has 25 heavy (non-hydrogen) atoms.